The lowest BCUT2D eigenvalue weighted by Crippen LogP contribution is -2.52. The Hall–Kier alpha value is -3.26. The van der Waals surface area contributed by atoms with E-state index >= 15 is 0 Å². The smallest absolute Gasteiger partial charge is 0.275 e. The molecule has 0 saturated heterocycles. The molecule has 0 aliphatic rings. The van der Waals surface area contributed by atoms with Gasteiger partial charge in [-0.25, -0.2) is 5.01 Å². The van der Waals surface area contributed by atoms with Crippen LogP contribution in [0.1, 0.15) is 28.3 Å². The Bertz CT molecular complexity index is 1380. The van der Waals surface area contributed by atoms with Gasteiger partial charge in [0, 0.05) is 22.1 Å². The van der Waals surface area contributed by atoms with Gasteiger partial charge in [0.05, 0.1) is 20.3 Å². The minimum absolute atomic E-state index is 0.342. The molecule has 0 radical (unpaired) electrons. The van der Waals surface area contributed by atoms with Crippen molar-refractivity contribution in [3.63, 3.8) is 0 Å². The van der Waals surface area contributed by atoms with Crippen LogP contribution in [-0.4, -0.2) is 37.3 Å². The van der Waals surface area contributed by atoms with Crippen LogP contribution < -0.4 is 14.9 Å². The average Bonchev–Trinajstić information content (AvgIpc) is 2.94. The van der Waals surface area contributed by atoms with Crippen LogP contribution in [0.15, 0.2) is 91.0 Å². The molecule has 0 bridgehead atoms. The Kier molecular flexibility index (Phi) is 9.05. The van der Waals surface area contributed by atoms with Crippen molar-refractivity contribution in [1.29, 1.82) is 0 Å². The number of amides is 1. The average molecular weight is 586 g/mol. The van der Waals surface area contributed by atoms with Gasteiger partial charge in [-0.1, -0.05) is 77.3 Å². The standard InChI is InChI=1S/C30H27Cl3N2O4/c1-35(28(19-4-11-23(31)12-5-19)20-6-17-26(38-2)27(18-20)39-3)34-29(36)30(37,21-7-13-24(32)14-8-21)22-9-15-25(33)16-10-22/h4-18,28,37H,1-3H3,(H,34,36)/t28-/m0/s1. The Morgan fingerprint density at radius 1 is 0.744 bits per heavy atom. The van der Waals surface area contributed by atoms with Crippen molar-refractivity contribution in [3.05, 3.63) is 128 Å². The normalized spacial score (nSPS) is 12.2. The molecule has 0 aromatic heterocycles. The van der Waals surface area contributed by atoms with E-state index in [4.69, 9.17) is 44.3 Å². The lowest BCUT2D eigenvalue weighted by Gasteiger charge is -2.34. The van der Waals surface area contributed by atoms with Gasteiger partial charge in [0.1, 0.15) is 0 Å². The van der Waals surface area contributed by atoms with E-state index in [1.165, 1.54) is 0 Å². The number of carbonyl (C=O) groups is 1. The number of hydrazine groups is 1. The van der Waals surface area contributed by atoms with Crippen LogP contribution >= 0.6 is 34.8 Å². The molecule has 0 unspecified atom stereocenters. The van der Waals surface area contributed by atoms with Crippen molar-refractivity contribution >= 4 is 40.7 Å². The Balaban J connectivity index is 1.76. The second kappa shape index (κ2) is 12.3. The molecule has 39 heavy (non-hydrogen) atoms. The van der Waals surface area contributed by atoms with Crippen LogP contribution in [-0.2, 0) is 10.4 Å². The fraction of sp³-hybridized carbons (Fsp3) is 0.167. The van der Waals surface area contributed by atoms with Crippen molar-refractivity contribution in [3.8, 4) is 11.5 Å². The molecule has 0 saturated carbocycles. The Morgan fingerprint density at radius 2 is 1.18 bits per heavy atom. The molecular formula is C30H27Cl3N2O4. The van der Waals surface area contributed by atoms with Crippen molar-refractivity contribution in [2.24, 2.45) is 0 Å². The molecule has 2 N–H and O–H groups in total. The van der Waals surface area contributed by atoms with Crippen LogP contribution in [0.2, 0.25) is 15.1 Å². The molecule has 9 heteroatoms. The number of hydrogen-bond acceptors (Lipinski definition) is 5. The van der Waals surface area contributed by atoms with Gasteiger partial charge in [-0.05, 0) is 70.8 Å². The molecule has 0 aliphatic carbocycles. The highest BCUT2D eigenvalue weighted by atomic mass is 35.5. The number of benzene rings is 4. The number of hydrogen-bond donors (Lipinski definition) is 2. The molecule has 1 atom stereocenters. The summed E-state index contributed by atoms with van der Waals surface area (Å²) in [4.78, 5) is 14.0. The summed E-state index contributed by atoms with van der Waals surface area (Å²) < 4.78 is 10.9. The number of ether oxygens (including phenoxy) is 2. The van der Waals surface area contributed by atoms with Crippen LogP contribution in [0, 0.1) is 0 Å². The van der Waals surface area contributed by atoms with Gasteiger partial charge in [0.25, 0.3) is 5.91 Å². The van der Waals surface area contributed by atoms with E-state index in [1.54, 1.807) is 93.0 Å². The first-order chi connectivity index (χ1) is 18.7. The number of nitrogens with one attached hydrogen (secondary N) is 1. The van der Waals surface area contributed by atoms with Crippen molar-refractivity contribution in [1.82, 2.24) is 10.4 Å². The molecule has 4 aromatic carbocycles. The topological polar surface area (TPSA) is 71.0 Å². The van der Waals surface area contributed by atoms with Crippen LogP contribution in [0.5, 0.6) is 11.5 Å². The fourth-order valence-corrected chi connectivity index (χ4v) is 4.80. The Morgan fingerprint density at radius 3 is 1.64 bits per heavy atom. The third-order valence-corrected chi connectivity index (χ3v) is 7.18. The van der Waals surface area contributed by atoms with Crippen LogP contribution in [0.25, 0.3) is 0 Å². The molecular weight excluding hydrogens is 559 g/mol. The predicted octanol–water partition coefficient (Wildman–Crippen LogP) is 6.65. The summed E-state index contributed by atoms with van der Waals surface area (Å²) in [6, 6.07) is 25.3. The maximum Gasteiger partial charge on any atom is 0.275 e. The quantitative estimate of drug-likeness (QED) is 0.215. The summed E-state index contributed by atoms with van der Waals surface area (Å²) in [6.07, 6.45) is 0. The van der Waals surface area contributed by atoms with E-state index in [-0.39, 0.29) is 0 Å². The largest absolute Gasteiger partial charge is 0.493 e. The van der Waals surface area contributed by atoms with Crippen molar-refractivity contribution in [2.75, 3.05) is 21.3 Å². The molecule has 0 heterocycles. The van der Waals surface area contributed by atoms with Gasteiger partial charge < -0.3 is 14.6 Å². The number of nitrogens with zero attached hydrogens (tertiary/aromatic N) is 1. The first-order valence-electron chi connectivity index (χ1n) is 11.9. The third kappa shape index (κ3) is 6.16. The maximum absolute atomic E-state index is 14.0. The monoisotopic (exact) mass is 584 g/mol. The number of methoxy groups -OCH3 is 2. The SMILES string of the molecule is COc1ccc([C@H](c2ccc(Cl)cc2)N(C)NC(=O)C(O)(c2ccc(Cl)cc2)c2ccc(Cl)cc2)cc1OC. The van der Waals surface area contributed by atoms with Gasteiger partial charge in [-0.3, -0.25) is 10.2 Å². The summed E-state index contributed by atoms with van der Waals surface area (Å²) in [6.45, 7) is 0. The molecule has 4 aromatic rings. The molecule has 0 fully saturated rings. The minimum Gasteiger partial charge on any atom is -0.493 e. The molecule has 202 valence electrons. The zero-order valence-corrected chi connectivity index (χ0v) is 23.8. The first-order valence-corrected chi connectivity index (χ1v) is 13.1. The third-order valence-electron chi connectivity index (χ3n) is 6.43. The van der Waals surface area contributed by atoms with Gasteiger partial charge in [0.15, 0.2) is 17.1 Å². The highest BCUT2D eigenvalue weighted by Gasteiger charge is 2.41. The van der Waals surface area contributed by atoms with E-state index in [9.17, 15) is 9.90 Å². The zero-order chi connectivity index (χ0) is 28.2. The van der Waals surface area contributed by atoms with Crippen LogP contribution in [0.4, 0.5) is 0 Å². The van der Waals surface area contributed by atoms with Crippen molar-refractivity contribution < 1.29 is 19.4 Å². The van der Waals surface area contributed by atoms with E-state index in [1.807, 2.05) is 24.3 Å². The van der Waals surface area contributed by atoms with Crippen LogP contribution in [0.3, 0.4) is 0 Å². The van der Waals surface area contributed by atoms with Gasteiger partial charge in [0.2, 0.25) is 0 Å². The van der Waals surface area contributed by atoms with Gasteiger partial charge in [-0.15, -0.1) is 0 Å². The summed E-state index contributed by atoms with van der Waals surface area (Å²) in [7, 11) is 4.84. The van der Waals surface area contributed by atoms with E-state index in [2.05, 4.69) is 5.43 Å². The Labute approximate surface area is 242 Å². The second-order valence-corrected chi connectivity index (χ2v) is 10.2. The molecule has 1 amide bonds. The van der Waals surface area contributed by atoms with E-state index in [0.29, 0.717) is 37.7 Å². The number of aliphatic hydroxyl groups is 1. The summed E-state index contributed by atoms with van der Waals surface area (Å²) in [5.41, 5.74) is 3.18. The second-order valence-electron chi connectivity index (χ2n) is 8.84. The fourth-order valence-electron chi connectivity index (χ4n) is 4.42. The highest BCUT2D eigenvalue weighted by Crippen LogP contribution is 2.36. The molecule has 4 rings (SSSR count). The molecule has 0 aliphatic heterocycles. The van der Waals surface area contributed by atoms with E-state index < -0.39 is 17.6 Å². The summed E-state index contributed by atoms with van der Waals surface area (Å²) in [5, 5.41) is 15.1. The molecule has 0 spiro atoms. The van der Waals surface area contributed by atoms with Crippen molar-refractivity contribution in [2.45, 2.75) is 11.6 Å². The summed E-state index contributed by atoms with van der Waals surface area (Å²) >= 11 is 18.3. The predicted molar refractivity (Wildman–Crippen MR) is 155 cm³/mol. The molecule has 6 nitrogen and oxygen atoms in total. The maximum atomic E-state index is 14.0. The zero-order valence-electron chi connectivity index (χ0n) is 21.5. The van der Waals surface area contributed by atoms with Gasteiger partial charge in [-0.2, -0.15) is 0 Å². The number of rotatable bonds is 9. The first kappa shape index (κ1) is 28.7. The number of halogens is 3. The number of carbonyl (C=O) groups excluding carboxylic acids is 1. The summed E-state index contributed by atoms with van der Waals surface area (Å²) in [5.74, 6) is 0.434. The lowest BCUT2D eigenvalue weighted by atomic mass is 9.85. The van der Waals surface area contributed by atoms with E-state index in [0.717, 1.165) is 11.1 Å². The highest BCUT2D eigenvalue weighted by molar-refractivity contribution is 6.31. The minimum atomic E-state index is -2.05. The van der Waals surface area contributed by atoms with Gasteiger partial charge >= 0.3 is 0 Å². The lowest BCUT2D eigenvalue weighted by molar-refractivity contribution is -0.142.